The molecule has 0 atom stereocenters. The number of carbonyl (C=O) groups excluding carboxylic acids is 1. The van der Waals surface area contributed by atoms with Gasteiger partial charge in [0.1, 0.15) is 6.29 Å². The SMILES string of the molecule is Cc1cccc(C)c1NCCC=O. The second kappa shape index (κ2) is 4.65. The molecular formula is C11H15NO. The number of hydrogen-bond acceptors (Lipinski definition) is 2. The lowest BCUT2D eigenvalue weighted by Gasteiger charge is -2.10. The highest BCUT2D eigenvalue weighted by atomic mass is 16.1. The Kier molecular flexibility index (Phi) is 3.50. The molecule has 2 heteroatoms. The van der Waals surface area contributed by atoms with Crippen LogP contribution in [0.4, 0.5) is 5.69 Å². The summed E-state index contributed by atoms with van der Waals surface area (Å²) in [6, 6.07) is 6.17. The van der Waals surface area contributed by atoms with Crippen molar-refractivity contribution in [3.8, 4) is 0 Å². The maximum atomic E-state index is 10.1. The summed E-state index contributed by atoms with van der Waals surface area (Å²) in [6.07, 6.45) is 1.49. The van der Waals surface area contributed by atoms with E-state index in [1.165, 1.54) is 11.1 Å². The molecule has 1 rings (SSSR count). The van der Waals surface area contributed by atoms with Crippen LogP contribution in [0.15, 0.2) is 18.2 Å². The highest BCUT2D eigenvalue weighted by Crippen LogP contribution is 2.18. The molecule has 0 aliphatic rings. The molecule has 0 saturated carbocycles. The van der Waals surface area contributed by atoms with Gasteiger partial charge in [-0.2, -0.15) is 0 Å². The molecule has 1 aromatic rings. The molecule has 0 heterocycles. The van der Waals surface area contributed by atoms with Crippen LogP contribution >= 0.6 is 0 Å². The first-order valence-electron chi connectivity index (χ1n) is 4.49. The van der Waals surface area contributed by atoms with Crippen molar-refractivity contribution in [2.75, 3.05) is 11.9 Å². The van der Waals surface area contributed by atoms with Crippen molar-refractivity contribution in [1.29, 1.82) is 0 Å². The van der Waals surface area contributed by atoms with E-state index in [4.69, 9.17) is 0 Å². The molecule has 0 saturated heterocycles. The minimum atomic E-state index is 0.563. The van der Waals surface area contributed by atoms with Crippen LogP contribution in [-0.2, 0) is 4.79 Å². The van der Waals surface area contributed by atoms with E-state index in [1.807, 2.05) is 6.07 Å². The van der Waals surface area contributed by atoms with Crippen LogP contribution in [0.25, 0.3) is 0 Å². The second-order valence-corrected chi connectivity index (χ2v) is 3.15. The molecule has 0 spiro atoms. The van der Waals surface area contributed by atoms with Crippen molar-refractivity contribution < 1.29 is 4.79 Å². The van der Waals surface area contributed by atoms with Gasteiger partial charge in [-0.05, 0) is 25.0 Å². The van der Waals surface area contributed by atoms with Gasteiger partial charge in [-0.3, -0.25) is 0 Å². The van der Waals surface area contributed by atoms with Gasteiger partial charge < -0.3 is 10.1 Å². The molecular weight excluding hydrogens is 162 g/mol. The fourth-order valence-corrected chi connectivity index (χ4v) is 1.35. The third-order valence-corrected chi connectivity index (χ3v) is 2.05. The average Bonchev–Trinajstić information content (AvgIpc) is 2.10. The van der Waals surface area contributed by atoms with E-state index in [0.717, 1.165) is 18.5 Å². The number of aldehydes is 1. The molecule has 0 aromatic heterocycles. The molecule has 0 aliphatic heterocycles. The Bertz CT molecular complexity index is 274. The molecule has 0 aliphatic carbocycles. The number of nitrogens with one attached hydrogen (secondary N) is 1. The van der Waals surface area contributed by atoms with Crippen molar-refractivity contribution in [3.05, 3.63) is 29.3 Å². The molecule has 70 valence electrons. The lowest BCUT2D eigenvalue weighted by molar-refractivity contribution is -0.107. The van der Waals surface area contributed by atoms with Crippen LogP contribution in [0.5, 0.6) is 0 Å². The smallest absolute Gasteiger partial charge is 0.121 e. The standard InChI is InChI=1S/C11H15NO/c1-9-5-3-6-10(2)11(9)12-7-4-8-13/h3,5-6,8,12H,4,7H2,1-2H3. The summed E-state index contributed by atoms with van der Waals surface area (Å²) in [6.45, 7) is 4.85. The molecule has 0 radical (unpaired) electrons. The normalized spacial score (nSPS) is 9.69. The summed E-state index contributed by atoms with van der Waals surface area (Å²) in [5.74, 6) is 0. The number of carbonyl (C=O) groups is 1. The van der Waals surface area contributed by atoms with E-state index in [1.54, 1.807) is 0 Å². The van der Waals surface area contributed by atoms with Gasteiger partial charge in [0.25, 0.3) is 0 Å². The number of rotatable bonds is 4. The number of para-hydroxylation sites is 1. The average molecular weight is 177 g/mol. The Morgan fingerprint density at radius 1 is 1.31 bits per heavy atom. The summed E-state index contributed by atoms with van der Waals surface area (Å²) in [7, 11) is 0. The highest BCUT2D eigenvalue weighted by Gasteiger charge is 1.99. The fourth-order valence-electron chi connectivity index (χ4n) is 1.35. The minimum absolute atomic E-state index is 0.563. The van der Waals surface area contributed by atoms with E-state index >= 15 is 0 Å². The molecule has 0 unspecified atom stereocenters. The van der Waals surface area contributed by atoms with Crippen molar-refractivity contribution >= 4 is 12.0 Å². The minimum Gasteiger partial charge on any atom is -0.384 e. The summed E-state index contributed by atoms with van der Waals surface area (Å²) in [4.78, 5) is 10.1. The quantitative estimate of drug-likeness (QED) is 0.564. The van der Waals surface area contributed by atoms with Crippen LogP contribution < -0.4 is 5.32 Å². The fraction of sp³-hybridized carbons (Fsp3) is 0.364. The Morgan fingerprint density at radius 3 is 2.46 bits per heavy atom. The van der Waals surface area contributed by atoms with E-state index in [9.17, 15) is 4.79 Å². The van der Waals surface area contributed by atoms with Crippen LogP contribution in [0.1, 0.15) is 17.5 Å². The molecule has 13 heavy (non-hydrogen) atoms. The Labute approximate surface area is 79.0 Å². The molecule has 0 fully saturated rings. The third-order valence-electron chi connectivity index (χ3n) is 2.05. The third kappa shape index (κ3) is 2.58. The van der Waals surface area contributed by atoms with E-state index in [-0.39, 0.29) is 0 Å². The predicted octanol–water partition coefficient (Wildman–Crippen LogP) is 2.30. The Hall–Kier alpha value is -1.31. The van der Waals surface area contributed by atoms with Gasteiger partial charge in [0.15, 0.2) is 0 Å². The van der Waals surface area contributed by atoms with Crippen LogP contribution in [0.3, 0.4) is 0 Å². The monoisotopic (exact) mass is 177 g/mol. The zero-order valence-corrected chi connectivity index (χ0v) is 8.13. The van der Waals surface area contributed by atoms with Crippen LogP contribution in [-0.4, -0.2) is 12.8 Å². The second-order valence-electron chi connectivity index (χ2n) is 3.15. The molecule has 2 nitrogen and oxygen atoms in total. The predicted molar refractivity (Wildman–Crippen MR) is 55.1 cm³/mol. The van der Waals surface area contributed by atoms with Gasteiger partial charge in [0, 0.05) is 18.7 Å². The van der Waals surface area contributed by atoms with E-state index in [2.05, 4.69) is 31.3 Å². The number of benzene rings is 1. The molecule has 1 aromatic carbocycles. The number of anilines is 1. The Balaban J connectivity index is 2.69. The van der Waals surface area contributed by atoms with Crippen LogP contribution in [0.2, 0.25) is 0 Å². The molecule has 0 bridgehead atoms. The topological polar surface area (TPSA) is 29.1 Å². The zero-order chi connectivity index (χ0) is 9.68. The van der Waals surface area contributed by atoms with Gasteiger partial charge in [-0.25, -0.2) is 0 Å². The maximum absolute atomic E-state index is 10.1. The first-order valence-corrected chi connectivity index (χ1v) is 4.49. The highest BCUT2D eigenvalue weighted by molar-refractivity contribution is 5.58. The summed E-state index contributed by atoms with van der Waals surface area (Å²) < 4.78 is 0. The zero-order valence-electron chi connectivity index (χ0n) is 8.13. The van der Waals surface area contributed by atoms with Crippen molar-refractivity contribution in [3.63, 3.8) is 0 Å². The van der Waals surface area contributed by atoms with Gasteiger partial charge in [0.2, 0.25) is 0 Å². The first kappa shape index (κ1) is 9.78. The number of hydrogen-bond donors (Lipinski definition) is 1. The van der Waals surface area contributed by atoms with Gasteiger partial charge >= 0.3 is 0 Å². The van der Waals surface area contributed by atoms with Crippen LogP contribution in [0, 0.1) is 13.8 Å². The first-order chi connectivity index (χ1) is 6.25. The summed E-state index contributed by atoms with van der Waals surface area (Å²) in [5.41, 5.74) is 3.61. The van der Waals surface area contributed by atoms with Crippen molar-refractivity contribution in [2.24, 2.45) is 0 Å². The lowest BCUT2D eigenvalue weighted by Crippen LogP contribution is -2.04. The molecule has 1 N–H and O–H groups in total. The largest absolute Gasteiger partial charge is 0.384 e. The van der Waals surface area contributed by atoms with Crippen molar-refractivity contribution in [1.82, 2.24) is 0 Å². The lowest BCUT2D eigenvalue weighted by atomic mass is 10.1. The van der Waals surface area contributed by atoms with E-state index in [0.29, 0.717) is 6.42 Å². The van der Waals surface area contributed by atoms with Crippen molar-refractivity contribution in [2.45, 2.75) is 20.3 Å². The maximum Gasteiger partial charge on any atom is 0.121 e. The molecule has 0 amide bonds. The Morgan fingerprint density at radius 2 is 1.92 bits per heavy atom. The summed E-state index contributed by atoms with van der Waals surface area (Å²) >= 11 is 0. The van der Waals surface area contributed by atoms with Gasteiger partial charge in [-0.1, -0.05) is 18.2 Å². The van der Waals surface area contributed by atoms with Gasteiger partial charge in [0.05, 0.1) is 0 Å². The number of aryl methyl sites for hydroxylation is 2. The summed E-state index contributed by atoms with van der Waals surface area (Å²) in [5, 5.41) is 3.25. The van der Waals surface area contributed by atoms with E-state index < -0.39 is 0 Å². The van der Waals surface area contributed by atoms with Gasteiger partial charge in [-0.15, -0.1) is 0 Å².